The molecule has 2 N–H and O–H groups in total. The molecule has 0 aliphatic rings. The Bertz CT molecular complexity index is 892. The van der Waals surface area contributed by atoms with Crippen LogP contribution in [0.25, 0.3) is 22.3 Å². The van der Waals surface area contributed by atoms with E-state index in [1.807, 2.05) is 59.2 Å². The molecule has 3 rings (SSSR count). The monoisotopic (exact) mass is 344 g/mol. The van der Waals surface area contributed by atoms with E-state index in [1.165, 1.54) is 0 Å². The van der Waals surface area contributed by atoms with Crippen LogP contribution in [0.5, 0.6) is 0 Å². The van der Waals surface area contributed by atoms with E-state index in [9.17, 15) is 10.2 Å². The predicted molar refractivity (Wildman–Crippen MR) is 95.8 cm³/mol. The van der Waals surface area contributed by atoms with E-state index in [1.54, 1.807) is 0 Å². The van der Waals surface area contributed by atoms with Gasteiger partial charge in [0.25, 0.3) is 0 Å². The summed E-state index contributed by atoms with van der Waals surface area (Å²) in [7, 11) is 0. The lowest BCUT2D eigenvalue weighted by atomic mass is 10.1. The molecule has 0 spiro atoms. The maximum Gasteiger partial charge on any atom is 0.214 e. The second-order valence-electron chi connectivity index (χ2n) is 5.43. The van der Waals surface area contributed by atoms with Crippen molar-refractivity contribution in [1.82, 2.24) is 4.58 Å². The molecule has 4 nitrogen and oxygen atoms in total. The van der Waals surface area contributed by atoms with E-state index in [2.05, 4.69) is 0 Å². The molecule has 0 unspecified atom stereocenters. The Balaban J connectivity index is 2.30. The normalized spacial score (nSPS) is 11.0. The lowest BCUT2D eigenvalue weighted by Crippen LogP contribution is -2.35. The number of hydrogen-bond donors (Lipinski definition) is 2. The standard InChI is InChI=1S/C19H19ClNO3/c20-15-7-5-14(6-8-15)19-13-17(21(9-11-22)10-12-23)16-3-1-2-4-18(16)24-19/h1-8,13,22-23H,9-12H2/q+1. The van der Waals surface area contributed by atoms with Gasteiger partial charge in [-0.05, 0) is 36.4 Å². The molecule has 24 heavy (non-hydrogen) atoms. The number of aliphatic hydroxyl groups is 2. The molecular formula is C19H19ClNO3+. The van der Waals surface area contributed by atoms with Crippen molar-refractivity contribution in [2.24, 2.45) is 0 Å². The Labute approximate surface area is 144 Å². The number of aliphatic hydroxyl groups excluding tert-OH is 2. The Morgan fingerprint density at radius 3 is 2.25 bits per heavy atom. The number of para-hydroxylation sites is 1. The van der Waals surface area contributed by atoms with Crippen molar-refractivity contribution in [3.8, 4) is 11.3 Å². The smallest absolute Gasteiger partial charge is 0.214 e. The number of hydrogen-bond acceptors (Lipinski definition) is 3. The molecule has 0 saturated carbocycles. The molecule has 0 fully saturated rings. The maximum absolute atomic E-state index is 9.35. The van der Waals surface area contributed by atoms with Crippen LogP contribution in [-0.4, -0.2) is 36.5 Å². The third kappa shape index (κ3) is 3.51. The topological polar surface area (TPSA) is 56.6 Å². The fourth-order valence-corrected chi connectivity index (χ4v) is 2.86. The van der Waals surface area contributed by atoms with Crippen molar-refractivity contribution in [1.29, 1.82) is 0 Å². The van der Waals surface area contributed by atoms with E-state index in [0.29, 0.717) is 23.9 Å². The zero-order valence-corrected chi connectivity index (χ0v) is 13.9. The third-order valence-electron chi connectivity index (χ3n) is 3.86. The summed E-state index contributed by atoms with van der Waals surface area (Å²) in [6, 6.07) is 17.1. The molecular weight excluding hydrogens is 326 g/mol. The van der Waals surface area contributed by atoms with Gasteiger partial charge in [-0.1, -0.05) is 23.7 Å². The number of nitrogens with zero attached hydrogens (tertiary/aromatic N) is 1. The SMILES string of the molecule is OCC[N+](CCO)=c1cc(-c2ccc(Cl)cc2)oc2ccccc12. The second-order valence-corrected chi connectivity index (χ2v) is 5.87. The van der Waals surface area contributed by atoms with Gasteiger partial charge < -0.3 is 14.6 Å². The van der Waals surface area contributed by atoms with Gasteiger partial charge in [-0.25, -0.2) is 4.58 Å². The van der Waals surface area contributed by atoms with Crippen LogP contribution in [0.2, 0.25) is 5.02 Å². The molecule has 2 aromatic carbocycles. The van der Waals surface area contributed by atoms with Gasteiger partial charge in [-0.15, -0.1) is 0 Å². The summed E-state index contributed by atoms with van der Waals surface area (Å²) < 4.78 is 8.00. The van der Waals surface area contributed by atoms with Crippen LogP contribution in [0.4, 0.5) is 0 Å². The first kappa shape index (κ1) is 16.7. The van der Waals surface area contributed by atoms with Gasteiger partial charge in [0.2, 0.25) is 5.36 Å². The average molecular weight is 345 g/mol. The zero-order chi connectivity index (χ0) is 16.9. The molecule has 1 aromatic heterocycles. The largest absolute Gasteiger partial charge is 0.456 e. The summed E-state index contributed by atoms with van der Waals surface area (Å²) in [6.07, 6.45) is 0. The van der Waals surface area contributed by atoms with Crippen LogP contribution in [0, 0.1) is 0 Å². The van der Waals surface area contributed by atoms with E-state index < -0.39 is 0 Å². The summed E-state index contributed by atoms with van der Waals surface area (Å²) in [6.45, 7) is 0.899. The molecule has 5 heteroatoms. The van der Waals surface area contributed by atoms with Crippen LogP contribution in [0.15, 0.2) is 59.0 Å². The van der Waals surface area contributed by atoms with Crippen LogP contribution in [0.3, 0.4) is 0 Å². The summed E-state index contributed by atoms with van der Waals surface area (Å²) in [5.41, 5.74) is 1.67. The Morgan fingerprint density at radius 2 is 1.58 bits per heavy atom. The Kier molecular flexibility index (Phi) is 5.30. The molecule has 0 saturated heterocycles. The number of benzene rings is 2. The van der Waals surface area contributed by atoms with E-state index in [-0.39, 0.29) is 13.2 Å². The van der Waals surface area contributed by atoms with Crippen molar-refractivity contribution in [2.45, 2.75) is 0 Å². The number of rotatable bonds is 5. The predicted octanol–water partition coefficient (Wildman–Crippen LogP) is 2.51. The van der Waals surface area contributed by atoms with Gasteiger partial charge in [-0.3, -0.25) is 0 Å². The molecule has 0 aliphatic heterocycles. The lowest BCUT2D eigenvalue weighted by Gasteiger charge is -2.06. The van der Waals surface area contributed by atoms with Gasteiger partial charge in [-0.2, -0.15) is 0 Å². The highest BCUT2D eigenvalue weighted by molar-refractivity contribution is 6.30. The molecule has 3 aromatic rings. The van der Waals surface area contributed by atoms with Crippen LogP contribution < -0.4 is 9.93 Å². The first-order valence-electron chi connectivity index (χ1n) is 7.81. The average Bonchev–Trinajstić information content (AvgIpc) is 2.61. The van der Waals surface area contributed by atoms with Crippen molar-refractivity contribution in [3.05, 3.63) is 65.0 Å². The Hall–Kier alpha value is -2.14. The highest BCUT2D eigenvalue weighted by Crippen LogP contribution is 2.23. The number of fused-ring (bicyclic) bond motifs is 1. The van der Waals surface area contributed by atoms with E-state index in [0.717, 1.165) is 21.9 Å². The highest BCUT2D eigenvalue weighted by atomic mass is 35.5. The zero-order valence-electron chi connectivity index (χ0n) is 13.2. The fourth-order valence-electron chi connectivity index (χ4n) is 2.73. The molecule has 1 heterocycles. The van der Waals surface area contributed by atoms with Crippen LogP contribution in [0.1, 0.15) is 0 Å². The maximum atomic E-state index is 9.35. The molecule has 0 aliphatic carbocycles. The van der Waals surface area contributed by atoms with Gasteiger partial charge in [0.15, 0.2) is 13.1 Å². The molecule has 0 amide bonds. The minimum absolute atomic E-state index is 0.0106. The van der Waals surface area contributed by atoms with Gasteiger partial charge in [0.05, 0.1) is 11.5 Å². The first-order valence-corrected chi connectivity index (χ1v) is 8.19. The second kappa shape index (κ2) is 7.62. The van der Waals surface area contributed by atoms with E-state index >= 15 is 0 Å². The molecule has 0 bridgehead atoms. The summed E-state index contributed by atoms with van der Waals surface area (Å²) >= 11 is 5.96. The van der Waals surface area contributed by atoms with Gasteiger partial charge in [0, 0.05) is 10.6 Å². The van der Waals surface area contributed by atoms with Crippen LogP contribution in [-0.2, 0) is 0 Å². The van der Waals surface area contributed by atoms with Crippen molar-refractivity contribution < 1.29 is 14.6 Å². The lowest BCUT2D eigenvalue weighted by molar-refractivity contribution is 0.250. The summed E-state index contributed by atoms with van der Waals surface area (Å²) in [5, 5.41) is 21.2. The van der Waals surface area contributed by atoms with Crippen molar-refractivity contribution in [2.75, 3.05) is 26.3 Å². The molecule has 0 radical (unpaired) electrons. The minimum atomic E-state index is 0.0106. The quantitative estimate of drug-likeness (QED) is 0.699. The highest BCUT2D eigenvalue weighted by Gasteiger charge is 2.13. The van der Waals surface area contributed by atoms with Gasteiger partial charge in [0.1, 0.15) is 24.6 Å². The first-order chi connectivity index (χ1) is 11.7. The third-order valence-corrected chi connectivity index (χ3v) is 4.11. The summed E-state index contributed by atoms with van der Waals surface area (Å²) in [4.78, 5) is 0. The molecule has 124 valence electrons. The van der Waals surface area contributed by atoms with Crippen molar-refractivity contribution in [3.63, 3.8) is 0 Å². The minimum Gasteiger partial charge on any atom is -0.456 e. The van der Waals surface area contributed by atoms with Crippen molar-refractivity contribution >= 4 is 22.6 Å². The fraction of sp³-hybridized carbons (Fsp3) is 0.211. The Morgan fingerprint density at radius 1 is 0.917 bits per heavy atom. The van der Waals surface area contributed by atoms with Gasteiger partial charge >= 0.3 is 0 Å². The molecule has 0 atom stereocenters. The number of halogens is 1. The summed E-state index contributed by atoms with van der Waals surface area (Å²) in [5.74, 6) is 0.709. The van der Waals surface area contributed by atoms with Crippen LogP contribution >= 0.6 is 11.6 Å². The van der Waals surface area contributed by atoms with E-state index in [4.69, 9.17) is 16.0 Å².